The minimum atomic E-state index is -0.205. The second kappa shape index (κ2) is 7.77. The van der Waals surface area contributed by atoms with E-state index in [2.05, 4.69) is 16.8 Å². The van der Waals surface area contributed by atoms with Crippen molar-refractivity contribution in [3.8, 4) is 11.8 Å². The average Bonchev–Trinajstić information content (AvgIpc) is 2.53. The zero-order chi connectivity index (χ0) is 15.1. The van der Waals surface area contributed by atoms with E-state index in [1.54, 1.807) is 18.5 Å². The zero-order valence-corrected chi connectivity index (χ0v) is 12.2. The van der Waals surface area contributed by atoms with Gasteiger partial charge in [-0.25, -0.2) is 0 Å². The Balaban J connectivity index is 2.00. The van der Waals surface area contributed by atoms with Crippen molar-refractivity contribution in [1.82, 2.24) is 9.88 Å². The third-order valence-corrected chi connectivity index (χ3v) is 3.43. The van der Waals surface area contributed by atoms with Crippen LogP contribution in [0, 0.1) is 11.8 Å². The van der Waals surface area contributed by atoms with Crippen LogP contribution in [0.4, 0.5) is 0 Å². The van der Waals surface area contributed by atoms with Gasteiger partial charge >= 0.3 is 0 Å². The Labute approximate surface area is 124 Å². The molecule has 1 N–H and O–H groups in total. The summed E-state index contributed by atoms with van der Waals surface area (Å²) < 4.78 is 5.59. The number of hydrogen-bond acceptors (Lipinski definition) is 4. The van der Waals surface area contributed by atoms with E-state index in [9.17, 15) is 4.79 Å². The maximum Gasteiger partial charge on any atom is 0.255 e. The van der Waals surface area contributed by atoms with Gasteiger partial charge in [0.25, 0.3) is 5.91 Å². The molecular formula is C16H20N2O3. The summed E-state index contributed by atoms with van der Waals surface area (Å²) in [6.45, 7) is 3.91. The Bertz CT molecular complexity index is 540. The number of rotatable bonds is 3. The second-order valence-electron chi connectivity index (χ2n) is 4.87. The molecule has 1 amide bonds. The third-order valence-electron chi connectivity index (χ3n) is 3.43. The molecule has 0 spiro atoms. The van der Waals surface area contributed by atoms with E-state index in [-0.39, 0.29) is 18.6 Å². The topological polar surface area (TPSA) is 62.7 Å². The lowest BCUT2D eigenvalue weighted by atomic mass is 10.1. The van der Waals surface area contributed by atoms with Crippen LogP contribution < -0.4 is 0 Å². The first-order chi connectivity index (χ1) is 10.2. The predicted octanol–water partition coefficient (Wildman–Crippen LogP) is 1.07. The number of pyridine rings is 1. The number of ether oxygens (including phenoxy) is 1. The van der Waals surface area contributed by atoms with Crippen LogP contribution in [0.1, 0.15) is 35.7 Å². The SMILES string of the molecule is CCOC1CCN(C(=O)c2cncc(C#CCO)c2)CC1. The van der Waals surface area contributed by atoms with Crippen molar-refractivity contribution in [3.63, 3.8) is 0 Å². The van der Waals surface area contributed by atoms with Crippen molar-refractivity contribution >= 4 is 5.91 Å². The molecule has 1 aliphatic heterocycles. The Kier molecular flexibility index (Phi) is 5.73. The summed E-state index contributed by atoms with van der Waals surface area (Å²) >= 11 is 0. The zero-order valence-electron chi connectivity index (χ0n) is 12.2. The van der Waals surface area contributed by atoms with Crippen molar-refractivity contribution in [2.75, 3.05) is 26.3 Å². The van der Waals surface area contributed by atoms with E-state index >= 15 is 0 Å². The van der Waals surface area contributed by atoms with E-state index in [4.69, 9.17) is 9.84 Å². The summed E-state index contributed by atoms with van der Waals surface area (Å²) in [6, 6.07) is 1.71. The van der Waals surface area contributed by atoms with Gasteiger partial charge in [0.2, 0.25) is 0 Å². The molecule has 5 nitrogen and oxygen atoms in total. The fourth-order valence-corrected chi connectivity index (χ4v) is 2.41. The number of carbonyl (C=O) groups excluding carboxylic acids is 1. The van der Waals surface area contributed by atoms with Crippen LogP contribution in [0.2, 0.25) is 0 Å². The Morgan fingerprint density at radius 1 is 1.48 bits per heavy atom. The number of aromatic nitrogens is 1. The molecule has 1 aromatic heterocycles. The fraction of sp³-hybridized carbons (Fsp3) is 0.500. The summed E-state index contributed by atoms with van der Waals surface area (Å²) in [5, 5.41) is 8.70. The number of hydrogen-bond donors (Lipinski definition) is 1. The minimum Gasteiger partial charge on any atom is -0.384 e. The van der Waals surface area contributed by atoms with Crippen LogP contribution in [0.5, 0.6) is 0 Å². The standard InChI is InChI=1S/C16H20N2O3/c1-2-21-15-5-7-18(8-6-15)16(20)14-10-13(4-3-9-19)11-17-12-14/h10-12,15,19H,2,5-9H2,1H3. The van der Waals surface area contributed by atoms with Crippen LogP contribution in [-0.2, 0) is 4.74 Å². The molecule has 0 radical (unpaired) electrons. The molecule has 1 aromatic rings. The van der Waals surface area contributed by atoms with Gasteiger partial charge in [-0.05, 0) is 25.8 Å². The van der Waals surface area contributed by atoms with Crippen LogP contribution in [0.3, 0.4) is 0 Å². The number of carbonyl (C=O) groups is 1. The summed E-state index contributed by atoms with van der Waals surface area (Å²) in [7, 11) is 0. The highest BCUT2D eigenvalue weighted by Crippen LogP contribution is 2.16. The quantitative estimate of drug-likeness (QED) is 0.845. The van der Waals surface area contributed by atoms with Gasteiger partial charge in [-0.3, -0.25) is 9.78 Å². The molecule has 2 rings (SSSR count). The van der Waals surface area contributed by atoms with Gasteiger partial charge in [0.1, 0.15) is 6.61 Å². The smallest absolute Gasteiger partial charge is 0.255 e. The molecule has 0 unspecified atom stereocenters. The maximum atomic E-state index is 12.4. The molecule has 1 saturated heterocycles. The van der Waals surface area contributed by atoms with Gasteiger partial charge in [-0.1, -0.05) is 11.8 Å². The number of likely N-dealkylation sites (tertiary alicyclic amines) is 1. The molecule has 0 aromatic carbocycles. The Morgan fingerprint density at radius 2 is 2.24 bits per heavy atom. The maximum absolute atomic E-state index is 12.4. The summed E-state index contributed by atoms with van der Waals surface area (Å²) in [5.74, 6) is 5.29. The third kappa shape index (κ3) is 4.28. The second-order valence-corrected chi connectivity index (χ2v) is 4.87. The summed E-state index contributed by atoms with van der Waals surface area (Å²) in [4.78, 5) is 18.3. The van der Waals surface area contributed by atoms with E-state index < -0.39 is 0 Å². The molecule has 21 heavy (non-hydrogen) atoms. The Hall–Kier alpha value is -1.90. The number of nitrogens with zero attached hydrogens (tertiary/aromatic N) is 2. The predicted molar refractivity (Wildman–Crippen MR) is 78.8 cm³/mol. The highest BCUT2D eigenvalue weighted by atomic mass is 16.5. The fourth-order valence-electron chi connectivity index (χ4n) is 2.41. The van der Waals surface area contributed by atoms with Gasteiger partial charge in [0.05, 0.1) is 11.7 Å². The largest absolute Gasteiger partial charge is 0.384 e. The van der Waals surface area contributed by atoms with Crippen molar-refractivity contribution in [1.29, 1.82) is 0 Å². The van der Waals surface area contributed by atoms with E-state index in [0.29, 0.717) is 30.8 Å². The molecule has 2 heterocycles. The molecule has 0 saturated carbocycles. The van der Waals surface area contributed by atoms with Gasteiger partial charge < -0.3 is 14.7 Å². The van der Waals surface area contributed by atoms with Gasteiger partial charge in [-0.2, -0.15) is 0 Å². The normalized spacial score (nSPS) is 15.4. The summed E-state index contributed by atoms with van der Waals surface area (Å²) in [6.07, 6.45) is 5.15. The lowest BCUT2D eigenvalue weighted by Gasteiger charge is -2.31. The van der Waals surface area contributed by atoms with Gasteiger partial charge in [0.15, 0.2) is 0 Å². The lowest BCUT2D eigenvalue weighted by molar-refractivity contribution is 0.0146. The lowest BCUT2D eigenvalue weighted by Crippen LogP contribution is -2.41. The van der Waals surface area contributed by atoms with Crippen LogP contribution in [-0.4, -0.2) is 53.3 Å². The first kappa shape index (κ1) is 15.5. The number of piperidine rings is 1. The molecule has 112 valence electrons. The Morgan fingerprint density at radius 3 is 2.90 bits per heavy atom. The molecule has 1 fully saturated rings. The van der Waals surface area contributed by atoms with Crippen LogP contribution in [0.25, 0.3) is 0 Å². The van der Waals surface area contributed by atoms with Crippen molar-refractivity contribution in [2.24, 2.45) is 0 Å². The molecule has 1 aliphatic rings. The van der Waals surface area contributed by atoms with Crippen LogP contribution >= 0.6 is 0 Å². The number of aliphatic hydroxyl groups is 1. The number of amides is 1. The van der Waals surface area contributed by atoms with Crippen molar-refractivity contribution in [3.05, 3.63) is 29.6 Å². The average molecular weight is 288 g/mol. The molecule has 5 heteroatoms. The highest BCUT2D eigenvalue weighted by Gasteiger charge is 2.23. The van der Waals surface area contributed by atoms with Gasteiger partial charge in [-0.15, -0.1) is 0 Å². The minimum absolute atomic E-state index is 0.0231. The first-order valence-electron chi connectivity index (χ1n) is 7.20. The monoisotopic (exact) mass is 288 g/mol. The first-order valence-corrected chi connectivity index (χ1v) is 7.20. The van der Waals surface area contributed by atoms with E-state index in [0.717, 1.165) is 12.8 Å². The van der Waals surface area contributed by atoms with E-state index in [1.165, 1.54) is 0 Å². The van der Waals surface area contributed by atoms with Gasteiger partial charge in [0, 0.05) is 37.7 Å². The molecule has 0 aliphatic carbocycles. The molecule has 0 atom stereocenters. The van der Waals surface area contributed by atoms with E-state index in [1.807, 2.05) is 11.8 Å². The number of aliphatic hydroxyl groups excluding tert-OH is 1. The van der Waals surface area contributed by atoms with Crippen molar-refractivity contribution in [2.45, 2.75) is 25.9 Å². The highest BCUT2D eigenvalue weighted by molar-refractivity contribution is 5.94. The summed E-state index contributed by atoms with van der Waals surface area (Å²) in [5.41, 5.74) is 1.17. The molecule has 0 bridgehead atoms. The van der Waals surface area contributed by atoms with Crippen molar-refractivity contribution < 1.29 is 14.6 Å². The van der Waals surface area contributed by atoms with Crippen LogP contribution in [0.15, 0.2) is 18.5 Å². The molecular weight excluding hydrogens is 268 g/mol.